The second kappa shape index (κ2) is 7.70. The van der Waals surface area contributed by atoms with Crippen LogP contribution in [-0.4, -0.2) is 4.98 Å². The first kappa shape index (κ1) is 17.1. The van der Waals surface area contributed by atoms with Gasteiger partial charge in [-0.2, -0.15) is 0 Å². The number of allylic oxidation sites excluding steroid dienone is 3. The summed E-state index contributed by atoms with van der Waals surface area (Å²) < 4.78 is 5.84. The molecule has 0 saturated carbocycles. The fraction of sp³-hybridized carbons (Fsp3) is 0.438. The number of halogens is 2. The molecule has 0 aliphatic heterocycles. The quantitative estimate of drug-likeness (QED) is 0.635. The molecule has 0 N–H and O–H groups in total. The third-order valence-electron chi connectivity index (χ3n) is 3.03. The topological polar surface area (TPSA) is 22.1 Å². The van der Waals surface area contributed by atoms with Crippen molar-refractivity contribution in [3.8, 4) is 5.75 Å². The molecule has 2 rings (SSSR count). The second-order valence-corrected chi connectivity index (χ2v) is 5.27. The van der Waals surface area contributed by atoms with Gasteiger partial charge in [-0.05, 0) is 38.3 Å². The number of rotatable bonds is 2. The Morgan fingerprint density at radius 2 is 1.90 bits per heavy atom. The van der Waals surface area contributed by atoms with Crippen LogP contribution in [0.25, 0.3) is 0 Å². The number of pyridine rings is 1. The van der Waals surface area contributed by atoms with Gasteiger partial charge in [-0.25, -0.2) is 4.98 Å². The number of ether oxygens (including phenoxy) is 1. The predicted octanol–water partition coefficient (Wildman–Crippen LogP) is 5.89. The first-order valence-corrected chi connectivity index (χ1v) is 7.63. The highest BCUT2D eigenvalue weighted by Gasteiger charge is 2.16. The van der Waals surface area contributed by atoms with E-state index in [1.807, 2.05) is 33.8 Å². The normalized spacial score (nSPS) is 17.1. The monoisotopic (exact) mass is 313 g/mol. The van der Waals surface area contributed by atoms with E-state index < -0.39 is 0 Å². The van der Waals surface area contributed by atoms with Gasteiger partial charge in [0, 0.05) is 11.3 Å². The first-order chi connectivity index (χ1) is 9.49. The van der Waals surface area contributed by atoms with Crippen LogP contribution < -0.4 is 4.74 Å². The van der Waals surface area contributed by atoms with Crippen LogP contribution in [0.1, 0.15) is 38.4 Å². The van der Waals surface area contributed by atoms with E-state index in [-0.39, 0.29) is 5.15 Å². The molecule has 1 heterocycles. The van der Waals surface area contributed by atoms with Crippen molar-refractivity contribution in [3.05, 3.63) is 45.4 Å². The van der Waals surface area contributed by atoms with Gasteiger partial charge in [-0.1, -0.05) is 50.0 Å². The Kier molecular flexibility index (Phi) is 6.57. The summed E-state index contributed by atoms with van der Waals surface area (Å²) in [6, 6.07) is 0. The van der Waals surface area contributed by atoms with Crippen molar-refractivity contribution in [2.24, 2.45) is 5.92 Å². The summed E-state index contributed by atoms with van der Waals surface area (Å²) in [7, 11) is 0. The lowest BCUT2D eigenvalue weighted by atomic mass is 10.0. The molecule has 0 bridgehead atoms. The van der Waals surface area contributed by atoms with E-state index >= 15 is 0 Å². The van der Waals surface area contributed by atoms with Crippen LogP contribution in [0.5, 0.6) is 5.75 Å². The molecule has 0 spiro atoms. The lowest BCUT2D eigenvalue weighted by molar-refractivity contribution is 0.431. The molecule has 0 fully saturated rings. The summed E-state index contributed by atoms with van der Waals surface area (Å²) in [5.41, 5.74) is 1.74. The van der Waals surface area contributed by atoms with Gasteiger partial charge in [0.25, 0.3) is 0 Å². The average molecular weight is 314 g/mol. The highest BCUT2D eigenvalue weighted by Crippen LogP contribution is 2.36. The third-order valence-corrected chi connectivity index (χ3v) is 3.75. The van der Waals surface area contributed by atoms with Crippen LogP contribution in [0.4, 0.5) is 0 Å². The Morgan fingerprint density at radius 1 is 1.25 bits per heavy atom. The van der Waals surface area contributed by atoms with Crippen LogP contribution >= 0.6 is 23.2 Å². The van der Waals surface area contributed by atoms with Crippen LogP contribution in [0.2, 0.25) is 10.2 Å². The second-order valence-electron chi connectivity index (χ2n) is 4.54. The summed E-state index contributed by atoms with van der Waals surface area (Å²) in [4.78, 5) is 4.15. The number of aryl methyl sites for hydroxylation is 1. The minimum Gasteiger partial charge on any atom is -0.456 e. The molecule has 0 amide bonds. The number of hydrogen-bond acceptors (Lipinski definition) is 2. The SMILES string of the molecule is CC.Cc1nc(Cl)c(Cl)c(OC2=CCC(C)C=C2)c1C. The van der Waals surface area contributed by atoms with E-state index in [0.29, 0.717) is 16.7 Å². The molecule has 2 nitrogen and oxygen atoms in total. The van der Waals surface area contributed by atoms with Crippen molar-refractivity contribution < 1.29 is 4.74 Å². The predicted molar refractivity (Wildman–Crippen MR) is 86.7 cm³/mol. The average Bonchev–Trinajstić information content (AvgIpc) is 2.46. The summed E-state index contributed by atoms with van der Waals surface area (Å²) in [5.74, 6) is 1.95. The molecular formula is C16H21Cl2NO. The van der Waals surface area contributed by atoms with Gasteiger partial charge in [0.15, 0.2) is 10.9 Å². The summed E-state index contributed by atoms with van der Waals surface area (Å²) in [5, 5.41) is 0.649. The lowest BCUT2D eigenvalue weighted by Gasteiger charge is -2.16. The maximum Gasteiger partial charge on any atom is 0.153 e. The highest BCUT2D eigenvalue weighted by atomic mass is 35.5. The fourth-order valence-corrected chi connectivity index (χ4v) is 2.16. The Bertz CT molecular complexity index is 510. The molecule has 110 valence electrons. The van der Waals surface area contributed by atoms with Crippen LogP contribution in [0.3, 0.4) is 0 Å². The highest BCUT2D eigenvalue weighted by molar-refractivity contribution is 6.42. The van der Waals surface area contributed by atoms with E-state index in [1.54, 1.807) is 0 Å². The van der Waals surface area contributed by atoms with Gasteiger partial charge in [0.2, 0.25) is 0 Å². The molecular weight excluding hydrogens is 293 g/mol. The zero-order valence-electron chi connectivity index (χ0n) is 12.6. The largest absolute Gasteiger partial charge is 0.456 e. The van der Waals surface area contributed by atoms with Crippen molar-refractivity contribution in [2.45, 2.75) is 41.0 Å². The van der Waals surface area contributed by atoms with E-state index in [2.05, 4.69) is 24.1 Å². The fourth-order valence-electron chi connectivity index (χ4n) is 1.73. The molecule has 0 radical (unpaired) electrons. The van der Waals surface area contributed by atoms with Crippen molar-refractivity contribution in [1.82, 2.24) is 4.98 Å². The number of hydrogen-bond donors (Lipinski definition) is 0. The summed E-state index contributed by atoms with van der Waals surface area (Å²) in [6.45, 7) is 9.97. The van der Waals surface area contributed by atoms with E-state index in [9.17, 15) is 0 Å². The molecule has 1 aromatic rings. The zero-order valence-corrected chi connectivity index (χ0v) is 14.1. The molecule has 1 aliphatic carbocycles. The molecule has 20 heavy (non-hydrogen) atoms. The van der Waals surface area contributed by atoms with E-state index in [4.69, 9.17) is 27.9 Å². The summed E-state index contributed by atoms with van der Waals surface area (Å²) >= 11 is 12.1. The maximum atomic E-state index is 6.15. The van der Waals surface area contributed by atoms with Gasteiger partial charge >= 0.3 is 0 Å². The van der Waals surface area contributed by atoms with E-state index in [1.165, 1.54) is 0 Å². The van der Waals surface area contributed by atoms with Crippen molar-refractivity contribution in [2.75, 3.05) is 0 Å². The van der Waals surface area contributed by atoms with Gasteiger partial charge < -0.3 is 4.74 Å². The van der Waals surface area contributed by atoms with Crippen molar-refractivity contribution in [3.63, 3.8) is 0 Å². The Labute approximate surface area is 131 Å². The molecule has 4 heteroatoms. The molecule has 1 unspecified atom stereocenters. The minimum atomic E-state index is 0.281. The Morgan fingerprint density at radius 3 is 2.45 bits per heavy atom. The van der Waals surface area contributed by atoms with Crippen molar-refractivity contribution >= 4 is 23.2 Å². The maximum absolute atomic E-state index is 6.15. The van der Waals surface area contributed by atoms with Gasteiger partial charge in [-0.15, -0.1) is 0 Å². The standard InChI is InChI=1S/C14H15Cl2NO.C2H6/c1-8-4-6-11(7-5-8)18-13-9(2)10(3)17-14(16)12(13)15;1-2/h4,6-8H,5H2,1-3H3;1-2H3. The molecule has 1 aliphatic rings. The molecule has 0 saturated heterocycles. The van der Waals surface area contributed by atoms with Gasteiger partial charge in [0.05, 0.1) is 0 Å². The smallest absolute Gasteiger partial charge is 0.153 e. The van der Waals surface area contributed by atoms with Gasteiger partial charge in [-0.3, -0.25) is 0 Å². The number of nitrogens with zero attached hydrogens (tertiary/aromatic N) is 1. The van der Waals surface area contributed by atoms with Crippen LogP contribution in [0.15, 0.2) is 24.0 Å². The van der Waals surface area contributed by atoms with Gasteiger partial charge in [0.1, 0.15) is 10.8 Å². The molecule has 1 aromatic heterocycles. The minimum absolute atomic E-state index is 0.281. The summed E-state index contributed by atoms with van der Waals surface area (Å²) in [6.07, 6.45) is 7.12. The Hall–Kier alpha value is -0.990. The van der Waals surface area contributed by atoms with E-state index in [0.717, 1.165) is 23.4 Å². The molecule has 0 aromatic carbocycles. The third kappa shape index (κ3) is 4.00. The Balaban J connectivity index is 0.000000956. The first-order valence-electron chi connectivity index (χ1n) is 6.87. The van der Waals surface area contributed by atoms with Crippen LogP contribution in [0, 0.1) is 19.8 Å². The molecule has 1 atom stereocenters. The zero-order chi connectivity index (χ0) is 15.3. The van der Waals surface area contributed by atoms with Crippen molar-refractivity contribution in [1.29, 1.82) is 0 Å². The van der Waals surface area contributed by atoms with Crippen LogP contribution in [-0.2, 0) is 0 Å². The lowest BCUT2D eigenvalue weighted by Crippen LogP contribution is -2.03. The number of aromatic nitrogens is 1.